The number of benzene rings is 1. The van der Waals surface area contributed by atoms with Gasteiger partial charge in [-0.05, 0) is 52.3 Å². The third-order valence-electron chi connectivity index (χ3n) is 2.74. The van der Waals surface area contributed by atoms with Crippen LogP contribution >= 0.6 is 0 Å². The third kappa shape index (κ3) is 6.61. The van der Waals surface area contributed by atoms with Gasteiger partial charge >= 0.3 is 11.9 Å². The van der Waals surface area contributed by atoms with E-state index in [9.17, 15) is 9.59 Å². The van der Waals surface area contributed by atoms with Crippen LogP contribution < -0.4 is 4.90 Å². The number of hydrogen-bond donors (Lipinski definition) is 0. The molecule has 22 heavy (non-hydrogen) atoms. The maximum absolute atomic E-state index is 11.9. The van der Waals surface area contributed by atoms with E-state index in [2.05, 4.69) is 0 Å². The van der Waals surface area contributed by atoms with Crippen LogP contribution in [0.5, 0.6) is 0 Å². The Bertz CT molecular complexity index is 487. The van der Waals surface area contributed by atoms with Crippen LogP contribution in [0.1, 0.15) is 33.3 Å². The fourth-order valence-electron chi connectivity index (χ4n) is 1.98. The van der Waals surface area contributed by atoms with Gasteiger partial charge in [0, 0.05) is 5.69 Å². The Morgan fingerprint density at radius 1 is 1.00 bits per heavy atom. The van der Waals surface area contributed by atoms with Gasteiger partial charge in [0.15, 0.2) is 0 Å². The van der Waals surface area contributed by atoms with Crippen LogP contribution in [-0.2, 0) is 19.1 Å². The van der Waals surface area contributed by atoms with E-state index in [4.69, 9.17) is 9.47 Å². The average molecular weight is 307 g/mol. The molecular formula is C17H25NO4. The van der Waals surface area contributed by atoms with Crippen molar-refractivity contribution in [3.05, 3.63) is 29.8 Å². The van der Waals surface area contributed by atoms with Crippen molar-refractivity contribution in [3.8, 4) is 0 Å². The molecule has 0 bridgehead atoms. The molecule has 0 spiro atoms. The summed E-state index contributed by atoms with van der Waals surface area (Å²) in [6.07, 6.45) is -0.371. The molecule has 0 saturated carbocycles. The first-order valence-corrected chi connectivity index (χ1v) is 7.48. The second-order valence-corrected chi connectivity index (χ2v) is 5.77. The zero-order valence-corrected chi connectivity index (χ0v) is 14.0. The van der Waals surface area contributed by atoms with Crippen molar-refractivity contribution >= 4 is 17.6 Å². The first kappa shape index (κ1) is 18.0. The van der Waals surface area contributed by atoms with Gasteiger partial charge in [0.1, 0.15) is 13.1 Å². The molecule has 0 saturated heterocycles. The molecule has 0 aliphatic heterocycles. The molecule has 5 nitrogen and oxygen atoms in total. The molecular weight excluding hydrogens is 282 g/mol. The van der Waals surface area contributed by atoms with E-state index >= 15 is 0 Å². The topological polar surface area (TPSA) is 55.8 Å². The first-order valence-electron chi connectivity index (χ1n) is 7.48. The minimum Gasteiger partial charge on any atom is -0.462 e. The van der Waals surface area contributed by atoms with E-state index in [1.807, 2.05) is 31.2 Å². The predicted molar refractivity (Wildman–Crippen MR) is 85.8 cm³/mol. The van der Waals surface area contributed by atoms with Gasteiger partial charge in [-0.25, -0.2) is 0 Å². The Balaban J connectivity index is 2.85. The number of ether oxygens (including phenoxy) is 2. The van der Waals surface area contributed by atoms with Gasteiger partial charge in [0.05, 0.1) is 12.2 Å². The van der Waals surface area contributed by atoms with Crippen molar-refractivity contribution in [2.24, 2.45) is 0 Å². The van der Waals surface area contributed by atoms with Gasteiger partial charge < -0.3 is 14.4 Å². The summed E-state index contributed by atoms with van der Waals surface area (Å²) in [7, 11) is 0. The van der Waals surface area contributed by atoms with Gasteiger partial charge in [-0.15, -0.1) is 0 Å². The summed E-state index contributed by atoms with van der Waals surface area (Å²) >= 11 is 0. The van der Waals surface area contributed by atoms with E-state index in [1.54, 1.807) is 32.6 Å². The van der Waals surface area contributed by atoms with Crippen molar-refractivity contribution in [1.82, 2.24) is 0 Å². The number of aryl methyl sites for hydroxylation is 1. The highest BCUT2D eigenvalue weighted by Crippen LogP contribution is 2.16. The molecule has 0 N–H and O–H groups in total. The highest BCUT2D eigenvalue weighted by Gasteiger charge is 2.18. The highest BCUT2D eigenvalue weighted by molar-refractivity contribution is 5.81. The van der Waals surface area contributed by atoms with Gasteiger partial charge in [0.2, 0.25) is 0 Å². The molecule has 0 aromatic heterocycles. The molecule has 1 aromatic carbocycles. The summed E-state index contributed by atoms with van der Waals surface area (Å²) in [5.74, 6) is -0.734. The van der Waals surface area contributed by atoms with Crippen LogP contribution in [0.15, 0.2) is 24.3 Å². The van der Waals surface area contributed by atoms with E-state index in [0.29, 0.717) is 0 Å². The van der Waals surface area contributed by atoms with Crippen molar-refractivity contribution in [2.75, 3.05) is 18.0 Å². The lowest BCUT2D eigenvalue weighted by Crippen LogP contribution is -2.37. The number of carbonyl (C=O) groups is 2. The minimum atomic E-state index is -0.367. The molecule has 0 aliphatic carbocycles. The molecule has 0 unspecified atom stereocenters. The molecule has 0 radical (unpaired) electrons. The van der Waals surface area contributed by atoms with Crippen molar-refractivity contribution < 1.29 is 19.1 Å². The zero-order valence-electron chi connectivity index (χ0n) is 14.0. The largest absolute Gasteiger partial charge is 0.462 e. The Labute approximate surface area is 132 Å². The minimum absolute atomic E-state index is 0.00876. The van der Waals surface area contributed by atoms with E-state index in [-0.39, 0.29) is 37.2 Å². The molecule has 122 valence electrons. The van der Waals surface area contributed by atoms with Crippen LogP contribution in [0.4, 0.5) is 5.69 Å². The second kappa shape index (κ2) is 8.41. The van der Waals surface area contributed by atoms with Crippen molar-refractivity contribution in [1.29, 1.82) is 0 Å². The lowest BCUT2D eigenvalue weighted by atomic mass is 10.2. The van der Waals surface area contributed by atoms with Crippen LogP contribution in [0.3, 0.4) is 0 Å². The highest BCUT2D eigenvalue weighted by atomic mass is 16.5. The van der Waals surface area contributed by atoms with Gasteiger partial charge in [-0.2, -0.15) is 0 Å². The van der Waals surface area contributed by atoms with Crippen LogP contribution in [0.2, 0.25) is 0 Å². The molecule has 0 fully saturated rings. The predicted octanol–water partition coefficient (Wildman–Crippen LogP) is 2.70. The summed E-state index contributed by atoms with van der Waals surface area (Å²) in [4.78, 5) is 25.5. The molecule has 0 amide bonds. The molecule has 5 heteroatoms. The summed E-state index contributed by atoms with van der Waals surface area (Å²) in [5.41, 5.74) is 1.85. The fourth-order valence-corrected chi connectivity index (χ4v) is 1.98. The number of rotatable bonds is 7. The molecule has 0 atom stereocenters. The maximum Gasteiger partial charge on any atom is 0.325 e. The normalized spacial score (nSPS) is 10.7. The van der Waals surface area contributed by atoms with Crippen LogP contribution in [0.25, 0.3) is 0 Å². The Morgan fingerprint density at radius 2 is 1.50 bits per heavy atom. The van der Waals surface area contributed by atoms with Crippen molar-refractivity contribution in [3.63, 3.8) is 0 Å². The molecule has 1 aromatic rings. The van der Waals surface area contributed by atoms with E-state index in [1.165, 1.54) is 0 Å². The lowest BCUT2D eigenvalue weighted by Gasteiger charge is -2.24. The first-order chi connectivity index (χ1) is 10.3. The molecule has 0 aliphatic rings. The lowest BCUT2D eigenvalue weighted by molar-refractivity contribution is -0.146. The summed E-state index contributed by atoms with van der Waals surface area (Å²) < 4.78 is 10.3. The SMILES string of the molecule is Cc1cccc(N(CC(=O)OC(C)C)CC(=O)OC(C)C)c1. The Kier molecular flexibility index (Phi) is 6.89. The second-order valence-electron chi connectivity index (χ2n) is 5.77. The smallest absolute Gasteiger partial charge is 0.325 e. The summed E-state index contributed by atoms with van der Waals surface area (Å²) in [6, 6.07) is 7.63. The number of nitrogens with zero attached hydrogens (tertiary/aromatic N) is 1. The number of anilines is 1. The zero-order chi connectivity index (χ0) is 16.7. The maximum atomic E-state index is 11.9. The Morgan fingerprint density at radius 3 is 1.91 bits per heavy atom. The number of hydrogen-bond acceptors (Lipinski definition) is 5. The number of carbonyl (C=O) groups excluding carboxylic acids is 2. The fraction of sp³-hybridized carbons (Fsp3) is 0.529. The summed E-state index contributed by atoms with van der Waals surface area (Å²) in [6.45, 7) is 9.15. The van der Waals surface area contributed by atoms with E-state index in [0.717, 1.165) is 11.3 Å². The van der Waals surface area contributed by atoms with Crippen LogP contribution in [0, 0.1) is 6.92 Å². The van der Waals surface area contributed by atoms with Gasteiger partial charge in [-0.3, -0.25) is 9.59 Å². The third-order valence-corrected chi connectivity index (χ3v) is 2.74. The summed E-state index contributed by atoms with van der Waals surface area (Å²) in [5, 5.41) is 0. The van der Waals surface area contributed by atoms with Gasteiger partial charge in [-0.1, -0.05) is 12.1 Å². The quantitative estimate of drug-likeness (QED) is 0.725. The monoisotopic (exact) mass is 307 g/mol. The van der Waals surface area contributed by atoms with E-state index < -0.39 is 0 Å². The standard InChI is InChI=1S/C17H25NO4/c1-12(2)21-16(19)10-18(11-17(20)22-13(3)4)15-8-6-7-14(5)9-15/h6-9,12-13H,10-11H2,1-5H3. The van der Waals surface area contributed by atoms with Crippen molar-refractivity contribution in [2.45, 2.75) is 46.8 Å². The number of esters is 2. The molecule has 1 rings (SSSR count). The molecule has 0 heterocycles. The Hall–Kier alpha value is -2.04. The average Bonchev–Trinajstić information content (AvgIpc) is 2.35. The van der Waals surface area contributed by atoms with Gasteiger partial charge in [0.25, 0.3) is 0 Å². The van der Waals surface area contributed by atoms with Crippen LogP contribution in [-0.4, -0.2) is 37.2 Å².